The molecule has 27 heavy (non-hydrogen) atoms. The number of anilines is 1. The first-order valence-electron chi connectivity index (χ1n) is 8.52. The Morgan fingerprint density at radius 3 is 2.56 bits per heavy atom. The highest BCUT2D eigenvalue weighted by molar-refractivity contribution is 7.98. The first-order valence-corrected chi connectivity index (χ1v) is 9.75. The minimum absolute atomic E-state index is 0.0259. The summed E-state index contributed by atoms with van der Waals surface area (Å²) in [5, 5.41) is 0. The van der Waals surface area contributed by atoms with Crippen LogP contribution in [0.15, 0.2) is 47.4 Å². The van der Waals surface area contributed by atoms with Crippen LogP contribution >= 0.6 is 11.8 Å². The summed E-state index contributed by atoms with van der Waals surface area (Å²) < 4.78 is 26.8. The largest absolute Gasteiger partial charge is 0.341 e. The maximum Gasteiger partial charge on any atom is 0.228 e. The molecule has 0 spiro atoms. The fraction of sp³-hybridized carbons (Fsp3) is 0.300. The van der Waals surface area contributed by atoms with Crippen LogP contribution in [0.4, 0.5) is 14.5 Å². The molecule has 2 aromatic rings. The summed E-state index contributed by atoms with van der Waals surface area (Å²) in [6, 6.07) is 10.9. The molecule has 1 atom stereocenters. The lowest BCUT2D eigenvalue weighted by Crippen LogP contribution is -2.34. The van der Waals surface area contributed by atoms with Crippen molar-refractivity contribution in [2.75, 3.05) is 24.7 Å². The fourth-order valence-electron chi connectivity index (χ4n) is 3.18. The second-order valence-electron chi connectivity index (χ2n) is 6.53. The van der Waals surface area contributed by atoms with E-state index in [1.165, 1.54) is 11.0 Å². The molecule has 0 N–H and O–H groups in total. The first-order chi connectivity index (χ1) is 12.9. The highest BCUT2D eigenvalue weighted by Crippen LogP contribution is 2.28. The number of hydrogen-bond donors (Lipinski definition) is 0. The van der Waals surface area contributed by atoms with Gasteiger partial charge in [0.25, 0.3) is 0 Å². The number of benzene rings is 2. The highest BCUT2D eigenvalue weighted by atomic mass is 32.2. The molecule has 0 bridgehead atoms. The van der Waals surface area contributed by atoms with Gasteiger partial charge in [-0.3, -0.25) is 9.59 Å². The van der Waals surface area contributed by atoms with E-state index in [1.807, 2.05) is 30.5 Å². The third-order valence-corrected chi connectivity index (χ3v) is 5.40. The SMILES string of the molecule is CSc1ccc(N2C[C@H](C(=O)N(C)Cc3ccc(F)cc3F)CC2=O)cc1. The van der Waals surface area contributed by atoms with Gasteiger partial charge in [-0.15, -0.1) is 11.8 Å². The molecule has 7 heteroatoms. The van der Waals surface area contributed by atoms with E-state index in [9.17, 15) is 18.4 Å². The number of hydrogen-bond acceptors (Lipinski definition) is 3. The summed E-state index contributed by atoms with van der Waals surface area (Å²) in [5.74, 6) is -2.16. The van der Waals surface area contributed by atoms with E-state index in [-0.39, 0.29) is 30.3 Å². The summed E-state index contributed by atoms with van der Waals surface area (Å²) in [7, 11) is 1.56. The lowest BCUT2D eigenvalue weighted by atomic mass is 10.1. The lowest BCUT2D eigenvalue weighted by molar-refractivity contribution is -0.135. The van der Waals surface area contributed by atoms with Crippen molar-refractivity contribution in [1.29, 1.82) is 0 Å². The molecule has 1 aliphatic heterocycles. The van der Waals surface area contributed by atoms with Crippen molar-refractivity contribution < 1.29 is 18.4 Å². The first kappa shape index (κ1) is 19.4. The Kier molecular flexibility index (Phi) is 5.79. The van der Waals surface area contributed by atoms with Gasteiger partial charge in [0, 0.05) is 48.8 Å². The van der Waals surface area contributed by atoms with Crippen molar-refractivity contribution in [1.82, 2.24) is 4.90 Å². The van der Waals surface area contributed by atoms with Crippen molar-refractivity contribution in [3.63, 3.8) is 0 Å². The van der Waals surface area contributed by atoms with Crippen LogP contribution in [-0.4, -0.2) is 36.6 Å². The molecule has 3 rings (SSSR count). The van der Waals surface area contributed by atoms with Crippen LogP contribution in [0, 0.1) is 17.6 Å². The van der Waals surface area contributed by atoms with E-state index in [0.717, 1.165) is 22.7 Å². The molecule has 2 amide bonds. The zero-order valence-electron chi connectivity index (χ0n) is 15.1. The second-order valence-corrected chi connectivity index (χ2v) is 7.41. The zero-order valence-corrected chi connectivity index (χ0v) is 15.9. The maximum absolute atomic E-state index is 13.8. The Morgan fingerprint density at radius 1 is 1.22 bits per heavy atom. The van der Waals surface area contributed by atoms with Crippen LogP contribution < -0.4 is 4.90 Å². The van der Waals surface area contributed by atoms with E-state index >= 15 is 0 Å². The quantitative estimate of drug-likeness (QED) is 0.731. The predicted octanol–water partition coefficient (Wildman–Crippen LogP) is 3.70. The summed E-state index contributed by atoms with van der Waals surface area (Å²) >= 11 is 1.61. The molecule has 0 aliphatic carbocycles. The molecular formula is C20H20F2N2O2S. The predicted molar refractivity (Wildman–Crippen MR) is 102 cm³/mol. The minimum atomic E-state index is -0.687. The summed E-state index contributed by atoms with van der Waals surface area (Å²) in [4.78, 5) is 29.2. The minimum Gasteiger partial charge on any atom is -0.341 e. The lowest BCUT2D eigenvalue weighted by Gasteiger charge is -2.22. The number of nitrogens with zero attached hydrogens (tertiary/aromatic N) is 2. The second kappa shape index (κ2) is 8.08. The van der Waals surface area contributed by atoms with E-state index in [2.05, 4.69) is 0 Å². The van der Waals surface area contributed by atoms with Crippen LogP contribution in [-0.2, 0) is 16.1 Å². The number of amides is 2. The van der Waals surface area contributed by atoms with Crippen LogP contribution in [0.3, 0.4) is 0 Å². The van der Waals surface area contributed by atoms with Crippen molar-refractivity contribution >= 4 is 29.3 Å². The van der Waals surface area contributed by atoms with Gasteiger partial charge in [-0.1, -0.05) is 6.07 Å². The Hall–Kier alpha value is -2.41. The standard InChI is InChI=1S/C20H20F2N2O2S/c1-23(11-13-3-4-15(21)10-18(13)22)20(26)14-9-19(25)24(12-14)16-5-7-17(27-2)8-6-16/h3-8,10,14H,9,11-12H2,1-2H3/t14-/m1/s1. The van der Waals surface area contributed by atoms with Crippen LogP contribution in [0.1, 0.15) is 12.0 Å². The zero-order chi connectivity index (χ0) is 19.6. The molecule has 4 nitrogen and oxygen atoms in total. The molecule has 0 radical (unpaired) electrons. The molecular weight excluding hydrogens is 370 g/mol. The van der Waals surface area contributed by atoms with Gasteiger partial charge in [0.2, 0.25) is 11.8 Å². The van der Waals surface area contributed by atoms with Crippen molar-refractivity contribution in [2.24, 2.45) is 5.92 Å². The molecule has 0 saturated carbocycles. The van der Waals surface area contributed by atoms with Gasteiger partial charge in [-0.25, -0.2) is 8.78 Å². The van der Waals surface area contributed by atoms with E-state index in [4.69, 9.17) is 0 Å². The molecule has 2 aromatic carbocycles. The molecule has 1 fully saturated rings. The molecule has 142 valence electrons. The number of rotatable bonds is 5. The molecule has 0 aromatic heterocycles. The summed E-state index contributed by atoms with van der Waals surface area (Å²) in [6.45, 7) is 0.324. The van der Waals surface area contributed by atoms with Gasteiger partial charge in [-0.2, -0.15) is 0 Å². The smallest absolute Gasteiger partial charge is 0.228 e. The van der Waals surface area contributed by atoms with Gasteiger partial charge < -0.3 is 9.80 Å². The number of thioether (sulfide) groups is 1. The van der Waals surface area contributed by atoms with E-state index < -0.39 is 17.6 Å². The fourth-order valence-corrected chi connectivity index (χ4v) is 3.59. The Labute approximate surface area is 161 Å². The summed E-state index contributed by atoms with van der Waals surface area (Å²) in [6.07, 6.45) is 2.10. The monoisotopic (exact) mass is 390 g/mol. The molecule has 1 aliphatic rings. The third-order valence-electron chi connectivity index (χ3n) is 4.66. The molecule has 1 heterocycles. The highest BCUT2D eigenvalue weighted by Gasteiger charge is 2.36. The van der Waals surface area contributed by atoms with Crippen molar-refractivity contribution in [2.45, 2.75) is 17.9 Å². The van der Waals surface area contributed by atoms with Crippen LogP contribution in [0.2, 0.25) is 0 Å². The average molecular weight is 390 g/mol. The van der Waals surface area contributed by atoms with Crippen molar-refractivity contribution in [3.8, 4) is 0 Å². The summed E-state index contributed by atoms with van der Waals surface area (Å²) in [5.41, 5.74) is 1.00. The van der Waals surface area contributed by atoms with Crippen LogP contribution in [0.5, 0.6) is 0 Å². The Balaban J connectivity index is 1.67. The molecule has 0 unspecified atom stereocenters. The third kappa shape index (κ3) is 4.30. The average Bonchev–Trinajstić information content (AvgIpc) is 3.05. The Morgan fingerprint density at radius 2 is 1.93 bits per heavy atom. The van der Waals surface area contributed by atoms with Crippen molar-refractivity contribution in [3.05, 3.63) is 59.7 Å². The maximum atomic E-state index is 13.8. The van der Waals surface area contributed by atoms with Gasteiger partial charge >= 0.3 is 0 Å². The van der Waals surface area contributed by atoms with E-state index in [0.29, 0.717) is 6.54 Å². The van der Waals surface area contributed by atoms with Crippen LogP contribution in [0.25, 0.3) is 0 Å². The number of carbonyl (C=O) groups is 2. The normalized spacial score (nSPS) is 16.7. The topological polar surface area (TPSA) is 40.6 Å². The van der Waals surface area contributed by atoms with Gasteiger partial charge in [0.15, 0.2) is 0 Å². The van der Waals surface area contributed by atoms with Gasteiger partial charge in [0.1, 0.15) is 11.6 Å². The molecule has 1 saturated heterocycles. The Bertz CT molecular complexity index is 858. The van der Waals surface area contributed by atoms with E-state index in [1.54, 1.807) is 23.7 Å². The van der Waals surface area contributed by atoms with Gasteiger partial charge in [-0.05, 0) is 36.6 Å². The number of carbonyl (C=O) groups excluding carboxylic acids is 2. The van der Waals surface area contributed by atoms with Gasteiger partial charge in [0.05, 0.1) is 5.92 Å². The number of halogens is 2.